The van der Waals surface area contributed by atoms with Crippen molar-refractivity contribution >= 4 is 35.2 Å². The zero-order valence-corrected chi connectivity index (χ0v) is 22.8. The van der Waals surface area contributed by atoms with Crippen LogP contribution in [0.3, 0.4) is 0 Å². The lowest BCUT2D eigenvalue weighted by atomic mass is 9.65. The zero-order chi connectivity index (χ0) is 27.5. The molecule has 4 aromatic rings. The van der Waals surface area contributed by atoms with Crippen LogP contribution in [-0.4, -0.2) is 43.6 Å². The second-order valence-corrected chi connectivity index (χ2v) is 11.7. The fraction of sp³-hybridized carbons (Fsp3) is 0.345. The molecule has 1 aromatic carbocycles. The smallest absolute Gasteiger partial charge is 0.335 e. The van der Waals surface area contributed by atoms with Gasteiger partial charge in [0.2, 0.25) is 11.7 Å². The van der Waals surface area contributed by atoms with Crippen molar-refractivity contribution in [3.63, 3.8) is 0 Å². The number of hydrogen-bond acceptors (Lipinski definition) is 8. The summed E-state index contributed by atoms with van der Waals surface area (Å²) in [6, 6.07) is 6.52. The van der Waals surface area contributed by atoms with E-state index in [2.05, 4.69) is 26.4 Å². The van der Waals surface area contributed by atoms with Crippen LogP contribution in [0, 0.1) is 0 Å². The molecule has 5 heterocycles. The van der Waals surface area contributed by atoms with E-state index in [1.807, 2.05) is 6.08 Å². The molecule has 0 atom stereocenters. The van der Waals surface area contributed by atoms with E-state index in [4.69, 9.17) is 37.0 Å². The quantitative estimate of drug-likeness (QED) is 0.247. The van der Waals surface area contributed by atoms with Gasteiger partial charge in [-0.2, -0.15) is 4.98 Å². The van der Waals surface area contributed by atoms with Crippen LogP contribution in [0.15, 0.2) is 51.8 Å². The van der Waals surface area contributed by atoms with Crippen LogP contribution in [0.5, 0.6) is 0 Å². The fourth-order valence-electron chi connectivity index (χ4n) is 5.72. The lowest BCUT2D eigenvalue weighted by molar-refractivity contribution is -0.134. The number of halogens is 2. The molecular weight excluding hydrogens is 555 g/mol. The number of ether oxygens (including phenoxy) is 1. The van der Waals surface area contributed by atoms with E-state index >= 15 is 0 Å². The summed E-state index contributed by atoms with van der Waals surface area (Å²) in [5.74, 6) is 1.08. The molecule has 11 heteroatoms. The van der Waals surface area contributed by atoms with Gasteiger partial charge in [0, 0.05) is 35.0 Å². The summed E-state index contributed by atoms with van der Waals surface area (Å²) in [5, 5.41) is 18.7. The maximum atomic E-state index is 11.4. The molecule has 2 saturated heterocycles. The third-order valence-corrected chi connectivity index (χ3v) is 8.86. The van der Waals surface area contributed by atoms with E-state index in [9.17, 15) is 9.90 Å². The van der Waals surface area contributed by atoms with Crippen molar-refractivity contribution in [3.8, 4) is 22.6 Å². The number of carbonyl (C=O) groups is 1. The van der Waals surface area contributed by atoms with Crippen LogP contribution in [0.2, 0.25) is 10.0 Å². The second kappa shape index (κ2) is 9.54. The van der Waals surface area contributed by atoms with E-state index in [-0.39, 0.29) is 11.0 Å². The molecule has 1 N–H and O–H groups in total. The Bertz CT molecular complexity index is 1610. The average molecular weight is 579 g/mol. The highest BCUT2D eigenvalue weighted by molar-refractivity contribution is 6.39. The summed E-state index contributed by atoms with van der Waals surface area (Å²) >= 11 is 12.9. The van der Waals surface area contributed by atoms with Gasteiger partial charge < -0.3 is 18.9 Å². The summed E-state index contributed by atoms with van der Waals surface area (Å²) in [6.07, 6.45) is 12.6. The molecule has 9 nitrogen and oxygen atoms in total. The number of aromatic carboxylic acids is 1. The van der Waals surface area contributed by atoms with Gasteiger partial charge in [-0.05, 0) is 50.7 Å². The lowest BCUT2D eigenvalue weighted by Crippen LogP contribution is -2.52. The summed E-state index contributed by atoms with van der Waals surface area (Å²) in [4.78, 5) is 20.1. The minimum Gasteiger partial charge on any atom is -0.478 e. The molecular formula is C29H24Cl2N4O5. The van der Waals surface area contributed by atoms with Crippen molar-refractivity contribution in [2.75, 3.05) is 6.61 Å². The molecule has 8 rings (SSSR count). The largest absolute Gasteiger partial charge is 0.478 e. The second-order valence-electron chi connectivity index (χ2n) is 10.8. The van der Waals surface area contributed by atoms with Crippen molar-refractivity contribution in [3.05, 3.63) is 75.6 Å². The Balaban J connectivity index is 1.13. The molecule has 2 aliphatic heterocycles. The Morgan fingerprint density at radius 2 is 1.82 bits per heavy atom. The summed E-state index contributed by atoms with van der Waals surface area (Å²) in [7, 11) is 0. The van der Waals surface area contributed by atoms with Crippen molar-refractivity contribution in [2.45, 2.75) is 55.5 Å². The summed E-state index contributed by atoms with van der Waals surface area (Å²) < 4.78 is 18.0. The molecule has 3 aromatic heterocycles. The molecule has 4 aliphatic rings. The van der Waals surface area contributed by atoms with E-state index in [1.165, 1.54) is 6.07 Å². The maximum absolute atomic E-state index is 11.4. The summed E-state index contributed by atoms with van der Waals surface area (Å²) in [6.45, 7) is 0.447. The number of nitrogens with zero attached hydrogens (tertiary/aromatic N) is 4. The van der Waals surface area contributed by atoms with Gasteiger partial charge in [0.1, 0.15) is 11.5 Å². The molecule has 0 unspecified atom stereocenters. The molecule has 204 valence electrons. The first-order valence-electron chi connectivity index (χ1n) is 13.2. The minimum atomic E-state index is -1.00. The van der Waals surface area contributed by atoms with Gasteiger partial charge in [-0.1, -0.05) is 57.8 Å². The number of carboxylic acid groups (broad SMARTS) is 1. The fourth-order valence-corrected chi connectivity index (χ4v) is 6.27. The van der Waals surface area contributed by atoms with Gasteiger partial charge in [0.25, 0.3) is 0 Å². The number of carboxylic acids is 1. The van der Waals surface area contributed by atoms with E-state index in [1.54, 1.807) is 30.6 Å². The van der Waals surface area contributed by atoms with Crippen LogP contribution in [0.4, 0.5) is 0 Å². The Labute approximate surface area is 239 Å². The predicted octanol–water partition coefficient (Wildman–Crippen LogP) is 6.96. The molecule has 40 heavy (non-hydrogen) atoms. The lowest BCUT2D eigenvalue weighted by Gasteiger charge is -2.50. The van der Waals surface area contributed by atoms with Gasteiger partial charge in [0.05, 0.1) is 33.2 Å². The number of hydrogen-bond donors (Lipinski definition) is 1. The Morgan fingerprint density at radius 1 is 1.05 bits per heavy atom. The molecule has 2 aliphatic carbocycles. The number of rotatable bonds is 7. The molecule has 2 saturated carbocycles. The maximum Gasteiger partial charge on any atom is 0.335 e. The van der Waals surface area contributed by atoms with Crippen LogP contribution in [-0.2, 0) is 10.2 Å². The highest BCUT2D eigenvalue weighted by Gasteiger charge is 2.52. The highest BCUT2D eigenvalue weighted by Crippen LogP contribution is 2.52. The standard InChI is InChI=1S/C29H24Cl2N4O5/c30-20-13-32-14-21(31)22(20)23-19(24(39-34-23)16-4-5-16)6-7-29-10-8-28(9-11-29,15-38-29)27-33-25(35-40-27)17-2-1-3-18(12-17)26(36)37/h1-3,6-7,12-14,16H,4-5,8-11,15H2,(H,36,37)/b7-6+. The zero-order valence-electron chi connectivity index (χ0n) is 21.3. The van der Waals surface area contributed by atoms with Crippen molar-refractivity contribution in [1.82, 2.24) is 20.3 Å². The SMILES string of the molecule is O=C(O)c1cccc(-c2noc(C34CCC(/C=C/c5c(-c6c(Cl)cncc6Cl)noc5C5CC5)(CC3)OC4)n2)c1. The first-order valence-corrected chi connectivity index (χ1v) is 13.9. The van der Waals surface area contributed by atoms with Crippen molar-refractivity contribution < 1.29 is 23.7 Å². The molecule has 0 radical (unpaired) electrons. The Hall–Kier alpha value is -3.53. The molecule has 0 spiro atoms. The third-order valence-electron chi connectivity index (χ3n) is 8.28. The van der Waals surface area contributed by atoms with E-state index < -0.39 is 11.6 Å². The molecule has 2 bridgehead atoms. The van der Waals surface area contributed by atoms with Gasteiger partial charge in [-0.15, -0.1) is 0 Å². The first kappa shape index (κ1) is 25.4. The van der Waals surface area contributed by atoms with Crippen molar-refractivity contribution in [1.29, 1.82) is 0 Å². The Kier molecular flexibility index (Phi) is 6.07. The highest BCUT2D eigenvalue weighted by atomic mass is 35.5. The van der Waals surface area contributed by atoms with Gasteiger partial charge in [-0.25, -0.2) is 4.79 Å². The number of fused-ring (bicyclic) bond motifs is 3. The normalized spacial score (nSPS) is 24.1. The van der Waals surface area contributed by atoms with Crippen LogP contribution >= 0.6 is 23.2 Å². The molecule has 4 fully saturated rings. The van der Waals surface area contributed by atoms with Gasteiger partial charge in [-0.3, -0.25) is 4.98 Å². The minimum absolute atomic E-state index is 0.173. The van der Waals surface area contributed by atoms with Crippen LogP contribution < -0.4 is 0 Å². The van der Waals surface area contributed by atoms with Gasteiger partial charge >= 0.3 is 5.97 Å². The first-order chi connectivity index (χ1) is 19.4. The average Bonchev–Trinajstić information content (AvgIpc) is 3.53. The van der Waals surface area contributed by atoms with E-state index in [0.717, 1.165) is 49.8 Å². The topological polar surface area (TPSA) is 124 Å². The van der Waals surface area contributed by atoms with Crippen molar-refractivity contribution in [2.24, 2.45) is 0 Å². The monoisotopic (exact) mass is 578 g/mol. The number of aromatic nitrogens is 4. The Morgan fingerprint density at radius 3 is 2.50 bits per heavy atom. The predicted molar refractivity (Wildman–Crippen MR) is 146 cm³/mol. The summed E-state index contributed by atoms with van der Waals surface area (Å²) in [5.41, 5.74) is 2.07. The van der Waals surface area contributed by atoms with E-state index in [0.29, 0.717) is 51.1 Å². The van der Waals surface area contributed by atoms with Crippen LogP contribution in [0.1, 0.15) is 72.0 Å². The van der Waals surface area contributed by atoms with Gasteiger partial charge in [0.15, 0.2) is 0 Å². The molecule has 0 amide bonds. The number of pyridine rings is 1. The number of benzene rings is 1. The third kappa shape index (κ3) is 4.33. The van der Waals surface area contributed by atoms with Crippen LogP contribution in [0.25, 0.3) is 28.7 Å².